The summed E-state index contributed by atoms with van der Waals surface area (Å²) >= 11 is 0. The van der Waals surface area contributed by atoms with E-state index in [4.69, 9.17) is 9.47 Å². The Morgan fingerprint density at radius 2 is 1.93 bits per heavy atom. The van der Waals surface area contributed by atoms with Gasteiger partial charge in [-0.1, -0.05) is 0 Å². The minimum absolute atomic E-state index is 0.00245. The molecular formula is C10H11FO3. The molecule has 3 nitrogen and oxygen atoms in total. The lowest BCUT2D eigenvalue weighted by atomic mass is 10.1. The largest absolute Gasteiger partial charge is 0.493 e. The molecule has 0 amide bonds. The van der Waals surface area contributed by atoms with Gasteiger partial charge in [-0.15, -0.1) is 0 Å². The Morgan fingerprint density at radius 1 is 1.29 bits per heavy atom. The van der Waals surface area contributed by atoms with Crippen molar-refractivity contribution in [1.29, 1.82) is 0 Å². The van der Waals surface area contributed by atoms with E-state index in [9.17, 15) is 9.18 Å². The average Bonchev–Trinajstić information content (AvgIpc) is 2.16. The van der Waals surface area contributed by atoms with E-state index in [1.54, 1.807) is 0 Å². The third-order valence-corrected chi connectivity index (χ3v) is 1.86. The van der Waals surface area contributed by atoms with E-state index in [0.29, 0.717) is 0 Å². The molecule has 0 aliphatic carbocycles. The molecule has 4 heteroatoms. The molecule has 1 aromatic carbocycles. The van der Waals surface area contributed by atoms with Gasteiger partial charge in [0.15, 0.2) is 23.1 Å². The zero-order valence-corrected chi connectivity index (χ0v) is 8.26. The van der Waals surface area contributed by atoms with Crippen LogP contribution in [0.25, 0.3) is 0 Å². The van der Waals surface area contributed by atoms with E-state index in [1.807, 2.05) is 0 Å². The molecule has 0 radical (unpaired) electrons. The predicted molar refractivity (Wildman–Crippen MR) is 49.5 cm³/mol. The maximum Gasteiger partial charge on any atom is 0.197 e. The number of Topliss-reactive ketones (excluding diaryl/α,β-unsaturated/α-hetero) is 1. The van der Waals surface area contributed by atoms with Crippen molar-refractivity contribution in [1.82, 2.24) is 0 Å². The molecule has 0 aliphatic heterocycles. The van der Waals surface area contributed by atoms with Crippen LogP contribution in [0.4, 0.5) is 4.39 Å². The minimum atomic E-state index is -0.681. The number of carbonyl (C=O) groups is 1. The van der Waals surface area contributed by atoms with Crippen LogP contribution in [-0.4, -0.2) is 20.0 Å². The summed E-state index contributed by atoms with van der Waals surface area (Å²) in [4.78, 5) is 11.0. The number of ketones is 1. The zero-order chi connectivity index (χ0) is 10.7. The molecule has 0 bridgehead atoms. The van der Waals surface area contributed by atoms with Crippen LogP contribution in [0, 0.1) is 5.82 Å². The molecule has 14 heavy (non-hydrogen) atoms. The van der Waals surface area contributed by atoms with Gasteiger partial charge in [0.05, 0.1) is 19.8 Å². The first kappa shape index (κ1) is 10.5. The van der Waals surface area contributed by atoms with Crippen molar-refractivity contribution in [3.8, 4) is 11.5 Å². The van der Waals surface area contributed by atoms with E-state index in [0.717, 1.165) is 0 Å². The highest BCUT2D eigenvalue weighted by atomic mass is 19.1. The lowest BCUT2D eigenvalue weighted by Crippen LogP contribution is -2.01. The van der Waals surface area contributed by atoms with Gasteiger partial charge >= 0.3 is 0 Å². The first-order chi connectivity index (χ1) is 6.61. The third-order valence-electron chi connectivity index (χ3n) is 1.86. The van der Waals surface area contributed by atoms with Gasteiger partial charge in [0.25, 0.3) is 0 Å². The smallest absolute Gasteiger partial charge is 0.197 e. The highest BCUT2D eigenvalue weighted by Gasteiger charge is 2.16. The fraction of sp³-hybridized carbons (Fsp3) is 0.300. The first-order valence-electron chi connectivity index (χ1n) is 4.03. The normalized spacial score (nSPS) is 9.71. The molecule has 76 valence electrons. The highest BCUT2D eigenvalue weighted by molar-refractivity contribution is 5.95. The minimum Gasteiger partial charge on any atom is -0.493 e. The van der Waals surface area contributed by atoms with E-state index in [-0.39, 0.29) is 22.8 Å². The Kier molecular flexibility index (Phi) is 3.06. The molecule has 0 N–H and O–H groups in total. The molecule has 1 rings (SSSR count). The third kappa shape index (κ3) is 1.69. The number of rotatable bonds is 3. The van der Waals surface area contributed by atoms with E-state index < -0.39 is 5.82 Å². The summed E-state index contributed by atoms with van der Waals surface area (Å²) in [6, 6.07) is 2.87. The predicted octanol–water partition coefficient (Wildman–Crippen LogP) is 2.05. The van der Waals surface area contributed by atoms with Crippen molar-refractivity contribution >= 4 is 5.78 Å². The monoisotopic (exact) mass is 198 g/mol. The van der Waals surface area contributed by atoms with Crippen molar-refractivity contribution < 1.29 is 18.7 Å². The summed E-state index contributed by atoms with van der Waals surface area (Å²) in [7, 11) is 2.73. The SMILES string of the molecule is COc1ccc(C(C)=O)c(F)c1OC. The van der Waals surface area contributed by atoms with Gasteiger partial charge in [0, 0.05) is 0 Å². The summed E-state index contributed by atoms with van der Waals surface area (Å²) in [5, 5.41) is 0. The Hall–Kier alpha value is -1.58. The van der Waals surface area contributed by atoms with Crippen LogP contribution in [0.15, 0.2) is 12.1 Å². The van der Waals surface area contributed by atoms with Gasteiger partial charge in [0.1, 0.15) is 0 Å². The van der Waals surface area contributed by atoms with Crippen LogP contribution in [0.2, 0.25) is 0 Å². The Morgan fingerprint density at radius 3 is 2.36 bits per heavy atom. The van der Waals surface area contributed by atoms with Crippen LogP contribution < -0.4 is 9.47 Å². The van der Waals surface area contributed by atoms with Gasteiger partial charge in [-0.2, -0.15) is 0 Å². The fourth-order valence-electron chi connectivity index (χ4n) is 1.16. The number of carbonyl (C=O) groups excluding carboxylic acids is 1. The van der Waals surface area contributed by atoms with Crippen LogP contribution in [0.3, 0.4) is 0 Å². The molecule has 0 aliphatic rings. The highest BCUT2D eigenvalue weighted by Crippen LogP contribution is 2.31. The van der Waals surface area contributed by atoms with Crippen molar-refractivity contribution in [3.05, 3.63) is 23.5 Å². The summed E-state index contributed by atoms with van der Waals surface area (Å²) in [5.41, 5.74) is 0.00245. The maximum absolute atomic E-state index is 13.5. The molecule has 0 heterocycles. The van der Waals surface area contributed by atoms with Crippen molar-refractivity contribution in [2.75, 3.05) is 14.2 Å². The molecule has 0 saturated heterocycles. The number of hydrogen-bond acceptors (Lipinski definition) is 3. The standard InChI is InChI=1S/C10H11FO3/c1-6(12)7-4-5-8(13-2)10(14-3)9(7)11/h4-5H,1-3H3. The van der Waals surface area contributed by atoms with Crippen LogP contribution in [0.5, 0.6) is 11.5 Å². The van der Waals surface area contributed by atoms with Crippen LogP contribution in [0.1, 0.15) is 17.3 Å². The first-order valence-corrected chi connectivity index (χ1v) is 4.03. The molecule has 1 aromatic rings. The number of methoxy groups -OCH3 is 2. The second-order valence-corrected chi connectivity index (χ2v) is 2.72. The average molecular weight is 198 g/mol. The second-order valence-electron chi connectivity index (χ2n) is 2.72. The van der Waals surface area contributed by atoms with Crippen LogP contribution >= 0.6 is 0 Å². The van der Waals surface area contributed by atoms with Crippen molar-refractivity contribution in [3.63, 3.8) is 0 Å². The molecule has 0 saturated carbocycles. The molecule has 0 unspecified atom stereocenters. The summed E-state index contributed by atoms with van der Waals surface area (Å²) in [5.74, 6) is -0.794. The Bertz CT molecular complexity index is 361. The topological polar surface area (TPSA) is 35.5 Å². The maximum atomic E-state index is 13.5. The quantitative estimate of drug-likeness (QED) is 0.697. The van der Waals surface area contributed by atoms with E-state index in [2.05, 4.69) is 0 Å². The van der Waals surface area contributed by atoms with E-state index >= 15 is 0 Å². The number of hydrogen-bond donors (Lipinski definition) is 0. The van der Waals surface area contributed by atoms with Gasteiger partial charge in [0.2, 0.25) is 0 Å². The molecule has 0 atom stereocenters. The molecule has 0 aromatic heterocycles. The molecule has 0 fully saturated rings. The zero-order valence-electron chi connectivity index (χ0n) is 8.26. The Balaban J connectivity index is 3.34. The van der Waals surface area contributed by atoms with Gasteiger partial charge in [-0.3, -0.25) is 4.79 Å². The van der Waals surface area contributed by atoms with Gasteiger partial charge in [-0.05, 0) is 19.1 Å². The Labute approximate surface area is 81.4 Å². The number of ether oxygens (including phenoxy) is 2. The van der Waals surface area contributed by atoms with Gasteiger partial charge < -0.3 is 9.47 Å². The van der Waals surface area contributed by atoms with Crippen LogP contribution in [-0.2, 0) is 0 Å². The number of benzene rings is 1. The molecule has 0 spiro atoms. The summed E-state index contributed by atoms with van der Waals surface area (Å²) < 4.78 is 23.2. The lowest BCUT2D eigenvalue weighted by Gasteiger charge is -2.09. The van der Waals surface area contributed by atoms with E-state index in [1.165, 1.54) is 33.3 Å². The molecular weight excluding hydrogens is 187 g/mol. The number of halogens is 1. The lowest BCUT2D eigenvalue weighted by molar-refractivity contribution is 0.101. The summed E-state index contributed by atoms with van der Waals surface area (Å²) in [6.07, 6.45) is 0. The van der Waals surface area contributed by atoms with Crippen molar-refractivity contribution in [2.24, 2.45) is 0 Å². The summed E-state index contributed by atoms with van der Waals surface area (Å²) in [6.45, 7) is 1.30. The second kappa shape index (κ2) is 4.09. The fourth-order valence-corrected chi connectivity index (χ4v) is 1.16. The van der Waals surface area contributed by atoms with Gasteiger partial charge in [-0.25, -0.2) is 4.39 Å². The van der Waals surface area contributed by atoms with Crippen molar-refractivity contribution in [2.45, 2.75) is 6.92 Å².